The van der Waals surface area contributed by atoms with E-state index >= 15 is 0 Å². The zero-order chi connectivity index (χ0) is 13.4. The van der Waals surface area contributed by atoms with Crippen LogP contribution in [0, 0.1) is 5.82 Å². The third-order valence-corrected chi connectivity index (χ3v) is 3.38. The molecule has 0 aliphatic carbocycles. The van der Waals surface area contributed by atoms with Gasteiger partial charge in [0.2, 0.25) is 0 Å². The smallest absolute Gasteiger partial charge is 0.258 e. The van der Waals surface area contributed by atoms with E-state index in [9.17, 15) is 9.18 Å². The number of carbonyl (C=O) groups excluding carboxylic acids is 1. The predicted molar refractivity (Wildman–Crippen MR) is 72.6 cm³/mol. The lowest BCUT2D eigenvalue weighted by Crippen LogP contribution is -2.38. The molecule has 1 heterocycles. The zero-order valence-corrected chi connectivity index (χ0v) is 10.3. The normalized spacial score (nSPS) is 14.4. The number of rotatable bonds is 1. The number of hydrogen-bond acceptors (Lipinski definition) is 2. The molecule has 0 spiro atoms. The fraction of sp³-hybridized carbons (Fsp3) is 0.133. The summed E-state index contributed by atoms with van der Waals surface area (Å²) in [6.07, 6.45) is 0.748. The minimum absolute atomic E-state index is 0.126. The maximum atomic E-state index is 13.3. The summed E-state index contributed by atoms with van der Waals surface area (Å²) in [5.74, 6) is -0.519. The molecule has 96 valence electrons. The summed E-state index contributed by atoms with van der Waals surface area (Å²) in [5, 5.41) is 0. The molecule has 0 radical (unpaired) electrons. The summed E-state index contributed by atoms with van der Waals surface area (Å²) in [5.41, 5.74) is 8.39. The van der Waals surface area contributed by atoms with Crippen LogP contribution in [0.5, 0.6) is 0 Å². The Hall–Kier alpha value is -2.36. The van der Waals surface area contributed by atoms with Gasteiger partial charge in [0.15, 0.2) is 0 Å². The van der Waals surface area contributed by atoms with Gasteiger partial charge in [-0.25, -0.2) is 4.39 Å². The SMILES string of the molecule is Nc1ccc(F)cc1N1CCc2ccccc2C1=O. The molecule has 0 saturated heterocycles. The molecule has 2 aromatic carbocycles. The second-order valence-electron chi connectivity index (χ2n) is 4.57. The highest BCUT2D eigenvalue weighted by Crippen LogP contribution is 2.29. The van der Waals surface area contributed by atoms with Crippen LogP contribution in [0.15, 0.2) is 42.5 Å². The topological polar surface area (TPSA) is 46.3 Å². The van der Waals surface area contributed by atoms with E-state index in [1.807, 2.05) is 18.2 Å². The second kappa shape index (κ2) is 4.39. The summed E-state index contributed by atoms with van der Waals surface area (Å²) in [4.78, 5) is 14.0. The number of benzene rings is 2. The van der Waals surface area contributed by atoms with Crippen LogP contribution in [-0.2, 0) is 6.42 Å². The van der Waals surface area contributed by atoms with Gasteiger partial charge >= 0.3 is 0 Å². The van der Waals surface area contributed by atoms with Crippen LogP contribution in [0.4, 0.5) is 15.8 Å². The third-order valence-electron chi connectivity index (χ3n) is 3.38. The number of hydrogen-bond donors (Lipinski definition) is 1. The van der Waals surface area contributed by atoms with Crippen molar-refractivity contribution in [1.82, 2.24) is 0 Å². The molecule has 1 aliphatic rings. The highest BCUT2D eigenvalue weighted by Gasteiger charge is 2.26. The van der Waals surface area contributed by atoms with Crippen LogP contribution < -0.4 is 10.6 Å². The highest BCUT2D eigenvalue weighted by molar-refractivity contribution is 6.09. The van der Waals surface area contributed by atoms with Crippen molar-refractivity contribution in [2.75, 3.05) is 17.2 Å². The van der Waals surface area contributed by atoms with E-state index in [0.717, 1.165) is 12.0 Å². The lowest BCUT2D eigenvalue weighted by atomic mass is 9.98. The molecule has 0 atom stereocenters. The summed E-state index contributed by atoms with van der Waals surface area (Å²) in [7, 11) is 0. The number of carbonyl (C=O) groups is 1. The van der Waals surface area contributed by atoms with Crippen LogP contribution in [-0.4, -0.2) is 12.5 Å². The average molecular weight is 256 g/mol. The summed E-state index contributed by atoms with van der Waals surface area (Å²) in [6, 6.07) is 11.6. The molecule has 2 aromatic rings. The Kier molecular flexibility index (Phi) is 2.71. The fourth-order valence-electron chi connectivity index (χ4n) is 2.41. The van der Waals surface area contributed by atoms with E-state index in [0.29, 0.717) is 23.5 Å². The standard InChI is InChI=1S/C15H13FN2O/c16-11-5-6-13(17)14(9-11)18-8-7-10-3-1-2-4-12(10)15(18)19/h1-6,9H,7-8,17H2. The van der Waals surface area contributed by atoms with Crippen LogP contribution in [0.2, 0.25) is 0 Å². The number of nitrogens with zero attached hydrogens (tertiary/aromatic N) is 1. The maximum Gasteiger partial charge on any atom is 0.258 e. The van der Waals surface area contributed by atoms with Crippen molar-refractivity contribution in [2.45, 2.75) is 6.42 Å². The summed E-state index contributed by atoms with van der Waals surface area (Å²) in [6.45, 7) is 0.517. The van der Waals surface area contributed by atoms with Crippen molar-refractivity contribution in [1.29, 1.82) is 0 Å². The van der Waals surface area contributed by atoms with Crippen molar-refractivity contribution in [2.24, 2.45) is 0 Å². The summed E-state index contributed by atoms with van der Waals surface area (Å²) >= 11 is 0. The minimum Gasteiger partial charge on any atom is -0.397 e. The number of fused-ring (bicyclic) bond motifs is 1. The van der Waals surface area contributed by atoms with Crippen LogP contribution in [0.25, 0.3) is 0 Å². The van der Waals surface area contributed by atoms with E-state index < -0.39 is 5.82 Å². The van der Waals surface area contributed by atoms with Gasteiger partial charge < -0.3 is 10.6 Å². The molecule has 0 unspecified atom stereocenters. The monoisotopic (exact) mass is 256 g/mol. The Balaban J connectivity index is 2.05. The molecule has 3 nitrogen and oxygen atoms in total. The molecule has 1 amide bonds. The number of nitrogen functional groups attached to an aromatic ring is 1. The largest absolute Gasteiger partial charge is 0.397 e. The number of nitrogens with two attached hydrogens (primary N) is 1. The molecule has 0 saturated carbocycles. The highest BCUT2D eigenvalue weighted by atomic mass is 19.1. The first kappa shape index (κ1) is 11.7. The van der Waals surface area contributed by atoms with Crippen LogP contribution in [0.3, 0.4) is 0 Å². The zero-order valence-electron chi connectivity index (χ0n) is 10.3. The van der Waals surface area contributed by atoms with Crippen molar-refractivity contribution in [3.8, 4) is 0 Å². The first-order valence-corrected chi connectivity index (χ1v) is 6.11. The molecule has 2 N–H and O–H groups in total. The van der Waals surface area contributed by atoms with Gasteiger partial charge in [-0.2, -0.15) is 0 Å². The van der Waals surface area contributed by atoms with Crippen LogP contribution >= 0.6 is 0 Å². The van der Waals surface area contributed by atoms with Gasteiger partial charge in [0.05, 0.1) is 11.4 Å². The van der Waals surface area contributed by atoms with Crippen molar-refractivity contribution in [3.05, 3.63) is 59.4 Å². The van der Waals surface area contributed by atoms with Crippen molar-refractivity contribution in [3.63, 3.8) is 0 Å². The van der Waals surface area contributed by atoms with Crippen molar-refractivity contribution < 1.29 is 9.18 Å². The van der Waals surface area contributed by atoms with Gasteiger partial charge in [0.25, 0.3) is 5.91 Å². The van der Waals surface area contributed by atoms with Crippen molar-refractivity contribution >= 4 is 17.3 Å². The third kappa shape index (κ3) is 1.95. The second-order valence-corrected chi connectivity index (χ2v) is 4.57. The lowest BCUT2D eigenvalue weighted by molar-refractivity contribution is 0.0981. The fourth-order valence-corrected chi connectivity index (χ4v) is 2.41. The molecular weight excluding hydrogens is 243 g/mol. The number of anilines is 2. The van der Waals surface area contributed by atoms with Crippen LogP contribution in [0.1, 0.15) is 15.9 Å². The number of halogens is 1. The summed E-state index contributed by atoms with van der Waals surface area (Å²) < 4.78 is 13.3. The first-order chi connectivity index (χ1) is 9.16. The lowest BCUT2D eigenvalue weighted by Gasteiger charge is -2.29. The van der Waals surface area contributed by atoms with Gasteiger partial charge in [-0.1, -0.05) is 18.2 Å². The van der Waals surface area contributed by atoms with Gasteiger partial charge in [-0.15, -0.1) is 0 Å². The van der Waals surface area contributed by atoms with E-state index in [1.165, 1.54) is 18.2 Å². The molecule has 0 fully saturated rings. The Bertz CT molecular complexity index is 654. The van der Waals surface area contributed by atoms with E-state index in [-0.39, 0.29) is 5.91 Å². The van der Waals surface area contributed by atoms with E-state index in [2.05, 4.69) is 0 Å². The van der Waals surface area contributed by atoms with E-state index in [4.69, 9.17) is 5.73 Å². The molecule has 19 heavy (non-hydrogen) atoms. The maximum absolute atomic E-state index is 13.3. The van der Waals surface area contributed by atoms with Gasteiger partial charge in [-0.3, -0.25) is 4.79 Å². The predicted octanol–water partition coefficient (Wildman–Crippen LogP) is 2.61. The average Bonchev–Trinajstić information content (AvgIpc) is 2.43. The molecule has 0 bridgehead atoms. The Morgan fingerprint density at radius 1 is 1.16 bits per heavy atom. The molecule has 3 rings (SSSR count). The molecule has 4 heteroatoms. The van der Waals surface area contributed by atoms with Gasteiger partial charge in [0.1, 0.15) is 5.82 Å². The van der Waals surface area contributed by atoms with Gasteiger partial charge in [0, 0.05) is 12.1 Å². The first-order valence-electron chi connectivity index (χ1n) is 6.11. The molecule has 1 aliphatic heterocycles. The Morgan fingerprint density at radius 3 is 2.79 bits per heavy atom. The Morgan fingerprint density at radius 2 is 1.95 bits per heavy atom. The molecule has 0 aromatic heterocycles. The number of amides is 1. The Labute approximate surface area is 110 Å². The minimum atomic E-state index is -0.393. The van der Waals surface area contributed by atoms with Gasteiger partial charge in [-0.05, 0) is 36.2 Å². The van der Waals surface area contributed by atoms with E-state index in [1.54, 1.807) is 11.0 Å². The molecular formula is C15H13FN2O. The quantitative estimate of drug-likeness (QED) is 0.797.